The van der Waals surface area contributed by atoms with Crippen LogP contribution in [0.25, 0.3) is 0 Å². The van der Waals surface area contributed by atoms with Gasteiger partial charge in [0.25, 0.3) is 0 Å². The highest BCUT2D eigenvalue weighted by Crippen LogP contribution is 2.34. The SMILES string of the molecule is CCCNc1cccc(NC(C)(C)C)c1[N+](=O)[O-]. The predicted octanol–water partition coefficient (Wildman–Crippen LogP) is 3.63. The highest BCUT2D eigenvalue weighted by Gasteiger charge is 2.22. The van der Waals surface area contributed by atoms with E-state index in [9.17, 15) is 10.1 Å². The molecule has 0 aromatic heterocycles. The summed E-state index contributed by atoms with van der Waals surface area (Å²) in [6, 6.07) is 5.29. The molecule has 5 nitrogen and oxygen atoms in total. The van der Waals surface area contributed by atoms with E-state index in [1.807, 2.05) is 33.8 Å². The molecule has 0 bridgehead atoms. The Morgan fingerprint density at radius 2 is 1.89 bits per heavy atom. The molecule has 0 fully saturated rings. The number of para-hydroxylation sites is 1. The van der Waals surface area contributed by atoms with Crippen molar-refractivity contribution in [2.75, 3.05) is 17.2 Å². The molecule has 0 saturated heterocycles. The summed E-state index contributed by atoms with van der Waals surface area (Å²) in [5, 5.41) is 17.5. The van der Waals surface area contributed by atoms with Gasteiger partial charge in [0.1, 0.15) is 11.4 Å². The molecule has 1 aromatic rings. The van der Waals surface area contributed by atoms with E-state index in [1.54, 1.807) is 12.1 Å². The van der Waals surface area contributed by atoms with Gasteiger partial charge in [-0.25, -0.2) is 0 Å². The molecule has 1 aromatic carbocycles. The first-order valence-corrected chi connectivity index (χ1v) is 6.14. The molecular weight excluding hydrogens is 230 g/mol. The summed E-state index contributed by atoms with van der Waals surface area (Å²) < 4.78 is 0. The second-order valence-corrected chi connectivity index (χ2v) is 5.26. The monoisotopic (exact) mass is 251 g/mol. The predicted molar refractivity (Wildman–Crippen MR) is 75.3 cm³/mol. The molecule has 100 valence electrons. The highest BCUT2D eigenvalue weighted by molar-refractivity contribution is 5.76. The summed E-state index contributed by atoms with van der Waals surface area (Å²) in [7, 11) is 0. The lowest BCUT2D eigenvalue weighted by Gasteiger charge is -2.22. The first-order chi connectivity index (χ1) is 8.35. The average molecular weight is 251 g/mol. The Balaban J connectivity index is 3.13. The van der Waals surface area contributed by atoms with Crippen LogP contribution in [-0.4, -0.2) is 17.0 Å². The second kappa shape index (κ2) is 5.71. The van der Waals surface area contributed by atoms with E-state index in [0.29, 0.717) is 11.4 Å². The minimum Gasteiger partial charge on any atom is -0.379 e. The Labute approximate surface area is 108 Å². The van der Waals surface area contributed by atoms with Crippen molar-refractivity contribution in [1.82, 2.24) is 0 Å². The van der Waals surface area contributed by atoms with Gasteiger partial charge in [-0.3, -0.25) is 10.1 Å². The summed E-state index contributed by atoms with van der Waals surface area (Å²) in [5.41, 5.74) is 1.01. The van der Waals surface area contributed by atoms with E-state index in [2.05, 4.69) is 10.6 Å². The quantitative estimate of drug-likeness (QED) is 0.619. The molecule has 0 aliphatic carbocycles. The maximum atomic E-state index is 11.2. The zero-order valence-electron chi connectivity index (χ0n) is 11.4. The number of benzene rings is 1. The van der Waals surface area contributed by atoms with Crippen LogP contribution in [0.15, 0.2) is 18.2 Å². The maximum Gasteiger partial charge on any atom is 0.315 e. The largest absolute Gasteiger partial charge is 0.379 e. The third-order valence-electron chi connectivity index (χ3n) is 2.29. The minimum atomic E-state index is -0.341. The molecule has 5 heteroatoms. The van der Waals surface area contributed by atoms with E-state index in [0.717, 1.165) is 13.0 Å². The fourth-order valence-electron chi connectivity index (χ4n) is 1.65. The van der Waals surface area contributed by atoms with Crippen molar-refractivity contribution in [2.45, 2.75) is 39.7 Å². The van der Waals surface area contributed by atoms with Crippen LogP contribution in [-0.2, 0) is 0 Å². The van der Waals surface area contributed by atoms with Gasteiger partial charge in [-0.1, -0.05) is 13.0 Å². The minimum absolute atomic E-state index is 0.112. The number of nitro benzene ring substituents is 1. The van der Waals surface area contributed by atoms with Gasteiger partial charge in [-0.05, 0) is 39.3 Å². The molecule has 18 heavy (non-hydrogen) atoms. The first-order valence-electron chi connectivity index (χ1n) is 6.14. The topological polar surface area (TPSA) is 67.2 Å². The van der Waals surface area contributed by atoms with Gasteiger partial charge in [-0.15, -0.1) is 0 Å². The fraction of sp³-hybridized carbons (Fsp3) is 0.538. The Morgan fingerprint density at radius 3 is 2.39 bits per heavy atom. The van der Waals surface area contributed by atoms with Crippen molar-refractivity contribution >= 4 is 17.1 Å². The van der Waals surface area contributed by atoms with Crippen molar-refractivity contribution in [3.8, 4) is 0 Å². The van der Waals surface area contributed by atoms with E-state index in [1.165, 1.54) is 0 Å². The number of hydrogen-bond donors (Lipinski definition) is 2. The van der Waals surface area contributed by atoms with E-state index < -0.39 is 0 Å². The molecule has 0 saturated carbocycles. The van der Waals surface area contributed by atoms with Crippen LogP contribution < -0.4 is 10.6 Å². The van der Waals surface area contributed by atoms with Crippen LogP contribution >= 0.6 is 0 Å². The van der Waals surface area contributed by atoms with E-state index in [4.69, 9.17) is 0 Å². The van der Waals surface area contributed by atoms with Crippen molar-refractivity contribution < 1.29 is 4.92 Å². The molecular formula is C13H21N3O2. The maximum absolute atomic E-state index is 11.2. The lowest BCUT2D eigenvalue weighted by molar-refractivity contribution is -0.383. The van der Waals surface area contributed by atoms with Gasteiger partial charge in [0.15, 0.2) is 0 Å². The number of nitro groups is 1. The van der Waals surface area contributed by atoms with Crippen LogP contribution in [0.5, 0.6) is 0 Å². The number of nitrogens with one attached hydrogen (secondary N) is 2. The van der Waals surface area contributed by atoms with Gasteiger partial charge < -0.3 is 10.6 Å². The molecule has 0 aliphatic rings. The summed E-state index contributed by atoms with van der Waals surface area (Å²) in [6.07, 6.45) is 0.925. The fourth-order valence-corrected chi connectivity index (χ4v) is 1.65. The Bertz CT molecular complexity index is 425. The number of nitrogens with zero attached hydrogens (tertiary/aromatic N) is 1. The summed E-state index contributed by atoms with van der Waals surface area (Å²) in [6.45, 7) is 8.67. The zero-order valence-corrected chi connectivity index (χ0v) is 11.4. The molecule has 0 atom stereocenters. The van der Waals surface area contributed by atoms with Crippen molar-refractivity contribution in [1.29, 1.82) is 0 Å². The molecule has 0 unspecified atom stereocenters. The lowest BCUT2D eigenvalue weighted by Crippen LogP contribution is -2.26. The molecule has 0 aliphatic heterocycles. The van der Waals surface area contributed by atoms with Crippen LogP contribution in [0, 0.1) is 10.1 Å². The zero-order chi connectivity index (χ0) is 13.8. The lowest BCUT2D eigenvalue weighted by atomic mass is 10.1. The number of rotatable bonds is 5. The highest BCUT2D eigenvalue weighted by atomic mass is 16.6. The van der Waals surface area contributed by atoms with E-state index >= 15 is 0 Å². The van der Waals surface area contributed by atoms with Gasteiger partial charge in [0, 0.05) is 12.1 Å². The smallest absolute Gasteiger partial charge is 0.315 e. The van der Waals surface area contributed by atoms with Gasteiger partial charge in [0.2, 0.25) is 0 Å². The third-order valence-corrected chi connectivity index (χ3v) is 2.29. The number of hydrogen-bond acceptors (Lipinski definition) is 4. The van der Waals surface area contributed by atoms with Crippen LogP contribution in [0.2, 0.25) is 0 Å². The summed E-state index contributed by atoms with van der Waals surface area (Å²) >= 11 is 0. The third kappa shape index (κ3) is 3.91. The van der Waals surface area contributed by atoms with Crippen LogP contribution in [0.1, 0.15) is 34.1 Å². The number of anilines is 2. The van der Waals surface area contributed by atoms with Crippen molar-refractivity contribution in [2.24, 2.45) is 0 Å². The Hall–Kier alpha value is -1.78. The Morgan fingerprint density at radius 1 is 1.28 bits per heavy atom. The molecule has 0 heterocycles. The van der Waals surface area contributed by atoms with Gasteiger partial charge in [-0.2, -0.15) is 0 Å². The Kier molecular flexibility index (Phi) is 4.53. The second-order valence-electron chi connectivity index (χ2n) is 5.26. The van der Waals surface area contributed by atoms with Crippen molar-refractivity contribution in [3.63, 3.8) is 0 Å². The van der Waals surface area contributed by atoms with Gasteiger partial charge >= 0.3 is 5.69 Å². The standard InChI is InChI=1S/C13H21N3O2/c1-5-9-14-10-7-6-8-11(12(10)16(17)18)15-13(2,3)4/h6-8,14-15H,5,9H2,1-4H3. The average Bonchev–Trinajstić information content (AvgIpc) is 2.23. The van der Waals surface area contributed by atoms with Gasteiger partial charge in [0.05, 0.1) is 4.92 Å². The first kappa shape index (κ1) is 14.3. The van der Waals surface area contributed by atoms with E-state index in [-0.39, 0.29) is 16.1 Å². The summed E-state index contributed by atoms with van der Waals surface area (Å²) in [5.74, 6) is 0. The molecule has 0 amide bonds. The molecule has 0 radical (unpaired) electrons. The summed E-state index contributed by atoms with van der Waals surface area (Å²) in [4.78, 5) is 10.9. The van der Waals surface area contributed by atoms with Crippen molar-refractivity contribution in [3.05, 3.63) is 28.3 Å². The molecule has 2 N–H and O–H groups in total. The molecule has 1 rings (SSSR count). The van der Waals surface area contributed by atoms with Crippen LogP contribution in [0.3, 0.4) is 0 Å². The van der Waals surface area contributed by atoms with Crippen LogP contribution in [0.4, 0.5) is 17.1 Å². The molecule has 0 spiro atoms. The normalized spacial score (nSPS) is 11.1.